The summed E-state index contributed by atoms with van der Waals surface area (Å²) in [7, 11) is 0.369. The maximum absolute atomic E-state index is 15.3. The molecule has 2 aliphatic rings. The Bertz CT molecular complexity index is 1860. The Balaban J connectivity index is 1.87. The lowest BCUT2D eigenvalue weighted by Crippen LogP contribution is -2.59. The van der Waals surface area contributed by atoms with Gasteiger partial charge in [0, 0.05) is 42.3 Å². The highest BCUT2D eigenvalue weighted by atomic mass is 79.9. The number of hydrogen-bond acceptors (Lipinski definition) is 9. The molecule has 0 spiro atoms. The molecule has 1 saturated heterocycles. The summed E-state index contributed by atoms with van der Waals surface area (Å²) in [6.07, 6.45) is -6.48. The predicted molar refractivity (Wildman–Crippen MR) is 167 cm³/mol. The minimum absolute atomic E-state index is 0.0850. The monoisotopic (exact) mass is 741 g/mol. The van der Waals surface area contributed by atoms with E-state index in [2.05, 4.69) is 20.7 Å². The molecule has 0 bridgehead atoms. The molecular formula is C31H31BrF3N3O8S. The third-order valence-electron chi connectivity index (χ3n) is 8.14. The van der Waals surface area contributed by atoms with Gasteiger partial charge in [0.15, 0.2) is 11.3 Å². The van der Waals surface area contributed by atoms with Crippen LogP contribution >= 0.6 is 15.9 Å². The number of halogens is 4. The number of hydrogen-bond donors (Lipinski definition) is 1. The number of carbonyl (C=O) groups excluding carboxylic acids is 2. The van der Waals surface area contributed by atoms with Crippen molar-refractivity contribution in [2.24, 2.45) is 0 Å². The maximum Gasteiger partial charge on any atom is 0.573 e. The number of aliphatic hydroxyl groups is 1. The molecule has 0 aliphatic carbocycles. The number of aryl methyl sites for hydroxylation is 1. The van der Waals surface area contributed by atoms with Crippen LogP contribution in [0.2, 0.25) is 0 Å². The number of nitrogens with zero attached hydrogens (tertiary/aromatic N) is 3. The van der Waals surface area contributed by atoms with E-state index in [1.807, 2.05) is 0 Å². The number of likely N-dealkylation sites (N-methyl/N-ethyl adjacent to an activating group) is 1. The van der Waals surface area contributed by atoms with Gasteiger partial charge in [-0.25, -0.2) is 12.7 Å². The van der Waals surface area contributed by atoms with Crippen LogP contribution in [0.4, 0.5) is 18.9 Å². The molecule has 1 N–H and O–H groups in total. The van der Waals surface area contributed by atoms with Crippen LogP contribution in [-0.2, 0) is 25.2 Å². The van der Waals surface area contributed by atoms with Crippen LogP contribution in [0.25, 0.3) is 0 Å². The standard InChI is InChI=1S/C31H31BrF3N3O8S/c1-17-6-10-25(45-5)22(12-17)30(37-16-19(39)14-24(37)28(40)36(2)3)21-13-18(32)7-9-23(21)38(29(30)41)47(42,43)27-11-8-20(44-4)15-26(27)46-31(33,34)35/h6-13,15,19,24,39H,14,16H2,1-5H3/t19-,24+,30?/m1/s1. The number of ether oxygens (including phenoxy) is 3. The number of anilines is 1. The zero-order valence-corrected chi connectivity index (χ0v) is 28.2. The quantitative estimate of drug-likeness (QED) is 0.362. The highest BCUT2D eigenvalue weighted by molar-refractivity contribution is 9.10. The molecule has 2 aliphatic heterocycles. The summed E-state index contributed by atoms with van der Waals surface area (Å²) < 4.78 is 85.5. The number of alkyl halides is 3. The minimum atomic E-state index is -5.29. The second kappa shape index (κ2) is 12.3. The number of benzene rings is 3. The van der Waals surface area contributed by atoms with E-state index in [9.17, 15) is 31.5 Å². The number of aliphatic hydroxyl groups excluding tert-OH is 1. The first-order valence-corrected chi connectivity index (χ1v) is 16.3. The predicted octanol–water partition coefficient (Wildman–Crippen LogP) is 4.18. The Morgan fingerprint density at radius 3 is 2.34 bits per heavy atom. The molecule has 1 fully saturated rings. The van der Waals surface area contributed by atoms with Crippen molar-refractivity contribution < 1.29 is 50.5 Å². The fourth-order valence-electron chi connectivity index (χ4n) is 6.23. The second-order valence-corrected chi connectivity index (χ2v) is 14.0. The van der Waals surface area contributed by atoms with E-state index in [-0.39, 0.29) is 41.3 Å². The first-order valence-electron chi connectivity index (χ1n) is 14.1. The summed E-state index contributed by atoms with van der Waals surface area (Å²) in [5, 5.41) is 11.0. The fraction of sp³-hybridized carbons (Fsp3) is 0.355. The molecule has 5 rings (SSSR count). The topological polar surface area (TPSA) is 126 Å². The SMILES string of the molecule is COc1ccc(S(=O)(=O)N2C(=O)C(c3cc(C)ccc3OC)(N3C[C@H](O)C[C@H]3C(=O)N(C)C)c3cc(Br)ccc32)c(OC(F)(F)F)c1. The number of rotatable bonds is 8. The number of methoxy groups -OCH3 is 2. The molecule has 2 amide bonds. The minimum Gasteiger partial charge on any atom is -0.497 e. The zero-order chi connectivity index (χ0) is 34.6. The van der Waals surface area contributed by atoms with Crippen molar-refractivity contribution in [1.82, 2.24) is 9.80 Å². The van der Waals surface area contributed by atoms with Gasteiger partial charge in [-0.15, -0.1) is 13.2 Å². The summed E-state index contributed by atoms with van der Waals surface area (Å²) in [4.78, 5) is 30.7. The first-order chi connectivity index (χ1) is 22.0. The van der Waals surface area contributed by atoms with Crippen LogP contribution in [0.5, 0.6) is 17.2 Å². The highest BCUT2D eigenvalue weighted by Crippen LogP contribution is 2.55. The van der Waals surface area contributed by atoms with Crippen molar-refractivity contribution in [3.8, 4) is 17.2 Å². The Labute approximate surface area is 277 Å². The van der Waals surface area contributed by atoms with E-state index < -0.39 is 56.5 Å². The van der Waals surface area contributed by atoms with Gasteiger partial charge in [-0.3, -0.25) is 14.5 Å². The van der Waals surface area contributed by atoms with E-state index in [1.54, 1.807) is 25.1 Å². The van der Waals surface area contributed by atoms with Crippen LogP contribution in [0, 0.1) is 6.92 Å². The number of fused-ring (bicyclic) bond motifs is 1. The van der Waals surface area contributed by atoms with Gasteiger partial charge < -0.3 is 24.2 Å². The van der Waals surface area contributed by atoms with Gasteiger partial charge >= 0.3 is 6.36 Å². The normalized spacial score (nSPS) is 21.5. The van der Waals surface area contributed by atoms with Gasteiger partial charge in [0.05, 0.1) is 32.1 Å². The number of amides is 2. The Morgan fingerprint density at radius 1 is 1.02 bits per heavy atom. The highest BCUT2D eigenvalue weighted by Gasteiger charge is 2.64. The number of β-amino-alcohol motifs (C(OH)–C–C–N with tert-alkyl or cyclic N) is 1. The molecule has 1 unspecified atom stereocenters. The first kappa shape index (κ1) is 34.5. The smallest absolute Gasteiger partial charge is 0.497 e. The largest absolute Gasteiger partial charge is 0.573 e. The van der Waals surface area contributed by atoms with Crippen LogP contribution in [0.1, 0.15) is 23.1 Å². The Kier molecular flexibility index (Phi) is 9.02. The van der Waals surface area contributed by atoms with E-state index >= 15 is 4.79 Å². The molecule has 11 nitrogen and oxygen atoms in total. The van der Waals surface area contributed by atoms with Crippen molar-refractivity contribution in [3.63, 3.8) is 0 Å². The number of likely N-dealkylation sites (tertiary alicyclic amines) is 1. The third kappa shape index (κ3) is 5.81. The molecule has 0 radical (unpaired) electrons. The van der Waals surface area contributed by atoms with Gasteiger partial charge in [0.25, 0.3) is 15.9 Å². The van der Waals surface area contributed by atoms with E-state index in [1.165, 1.54) is 56.3 Å². The number of carbonyl (C=O) groups is 2. The van der Waals surface area contributed by atoms with Crippen molar-refractivity contribution in [2.45, 2.75) is 42.3 Å². The van der Waals surface area contributed by atoms with E-state index in [0.717, 1.165) is 18.2 Å². The molecule has 2 heterocycles. The fourth-order valence-corrected chi connectivity index (χ4v) is 8.15. The van der Waals surface area contributed by atoms with Crippen LogP contribution in [0.15, 0.2) is 64.0 Å². The zero-order valence-electron chi connectivity index (χ0n) is 25.8. The summed E-state index contributed by atoms with van der Waals surface area (Å²) in [5.41, 5.74) is -1.42. The summed E-state index contributed by atoms with van der Waals surface area (Å²) >= 11 is 3.41. The molecule has 3 atom stereocenters. The third-order valence-corrected chi connectivity index (χ3v) is 10.4. The lowest BCUT2D eigenvalue weighted by molar-refractivity contribution is -0.275. The summed E-state index contributed by atoms with van der Waals surface area (Å²) in [5.74, 6) is -2.68. The summed E-state index contributed by atoms with van der Waals surface area (Å²) in [6.45, 7) is 1.50. The average molecular weight is 743 g/mol. The molecule has 0 saturated carbocycles. The van der Waals surface area contributed by atoms with Gasteiger partial charge in [-0.05, 0) is 55.8 Å². The van der Waals surface area contributed by atoms with Gasteiger partial charge in [0.1, 0.15) is 16.4 Å². The molecule has 3 aromatic carbocycles. The van der Waals surface area contributed by atoms with Gasteiger partial charge in [-0.1, -0.05) is 27.6 Å². The van der Waals surface area contributed by atoms with Gasteiger partial charge in [-0.2, -0.15) is 0 Å². The van der Waals surface area contributed by atoms with Crippen molar-refractivity contribution in [2.75, 3.05) is 39.2 Å². The van der Waals surface area contributed by atoms with Gasteiger partial charge in [0.2, 0.25) is 5.91 Å². The Morgan fingerprint density at radius 2 is 1.72 bits per heavy atom. The van der Waals surface area contributed by atoms with Crippen LogP contribution in [-0.4, -0.2) is 88.5 Å². The Hall–Kier alpha value is -3.86. The van der Waals surface area contributed by atoms with Crippen molar-refractivity contribution in [1.29, 1.82) is 0 Å². The van der Waals surface area contributed by atoms with E-state index in [0.29, 0.717) is 14.3 Å². The molecule has 0 aromatic heterocycles. The molecule has 3 aromatic rings. The van der Waals surface area contributed by atoms with Crippen LogP contribution in [0.3, 0.4) is 0 Å². The molecule has 252 valence electrons. The molecule has 47 heavy (non-hydrogen) atoms. The average Bonchev–Trinajstić information content (AvgIpc) is 3.50. The molecule has 16 heteroatoms. The van der Waals surface area contributed by atoms with Crippen LogP contribution < -0.4 is 18.5 Å². The van der Waals surface area contributed by atoms with Crippen molar-refractivity contribution in [3.05, 3.63) is 75.8 Å². The molecular weight excluding hydrogens is 711 g/mol. The lowest BCUT2D eigenvalue weighted by atomic mass is 9.80. The number of sulfonamides is 1. The van der Waals surface area contributed by atoms with E-state index in [4.69, 9.17) is 9.47 Å². The van der Waals surface area contributed by atoms with Crippen molar-refractivity contribution >= 4 is 43.5 Å². The lowest BCUT2D eigenvalue weighted by Gasteiger charge is -2.42. The maximum atomic E-state index is 15.3. The second-order valence-electron chi connectivity index (χ2n) is 11.3. The summed E-state index contributed by atoms with van der Waals surface area (Å²) in [6, 6.07) is 10.8.